The van der Waals surface area contributed by atoms with Crippen LogP contribution in [0.3, 0.4) is 0 Å². The van der Waals surface area contributed by atoms with Crippen LogP contribution in [0.5, 0.6) is 0 Å². The van der Waals surface area contributed by atoms with Gasteiger partial charge in [-0.3, -0.25) is 24.0 Å². The molecule has 0 saturated heterocycles. The van der Waals surface area contributed by atoms with Crippen LogP contribution in [0.1, 0.15) is 155 Å². The molecule has 0 heterocycles. The van der Waals surface area contributed by atoms with Gasteiger partial charge in [0.15, 0.2) is 5.78 Å². The monoisotopic (exact) mass is 711 g/mol. The Bertz CT molecular complexity index is 1090. The highest BCUT2D eigenvalue weighted by atomic mass is 16.6. The first-order chi connectivity index (χ1) is 22.2. The molecule has 0 aliphatic heterocycles. The summed E-state index contributed by atoms with van der Waals surface area (Å²) < 4.78 is 17.6. The minimum absolute atomic E-state index is 0.0895. The molecule has 0 spiro atoms. The maximum absolute atomic E-state index is 13.6. The number of nitrogens with zero attached hydrogens (tertiary/aromatic N) is 1. The summed E-state index contributed by atoms with van der Waals surface area (Å²) in [5, 5.41) is 0. The van der Waals surface area contributed by atoms with E-state index in [1.807, 2.05) is 102 Å². The minimum atomic E-state index is -1.45. The molecular weight excluding hydrogens is 636 g/mol. The number of hydrogen-bond acceptors (Lipinski definition) is 10. The van der Waals surface area contributed by atoms with Gasteiger partial charge in [-0.1, -0.05) is 69.2 Å². The average molecular weight is 711 g/mol. The first-order valence-corrected chi connectivity index (χ1v) is 18.4. The van der Waals surface area contributed by atoms with Crippen LogP contribution in [0.2, 0.25) is 0 Å². The normalized spacial score (nSPS) is 15.1. The van der Waals surface area contributed by atoms with E-state index < -0.39 is 63.2 Å². The summed E-state index contributed by atoms with van der Waals surface area (Å²) in [6.07, 6.45) is 0.834. The highest BCUT2D eigenvalue weighted by molar-refractivity contribution is 6.00. The molecule has 0 aliphatic carbocycles. The number of ketones is 2. The zero-order valence-corrected chi connectivity index (χ0v) is 34.9. The molecule has 2 N–H and O–H groups in total. The van der Waals surface area contributed by atoms with Gasteiger partial charge in [0, 0.05) is 22.7 Å². The van der Waals surface area contributed by atoms with Gasteiger partial charge in [0.2, 0.25) is 0 Å². The van der Waals surface area contributed by atoms with E-state index in [1.165, 1.54) is 0 Å². The molecule has 0 aromatic heterocycles. The molecule has 0 radical (unpaired) electrons. The van der Waals surface area contributed by atoms with Gasteiger partial charge in [0.05, 0.1) is 5.54 Å². The largest absolute Gasteiger partial charge is 0.461 e. The van der Waals surface area contributed by atoms with Crippen LogP contribution in [0.15, 0.2) is 0 Å². The number of nitrogens with two attached hydrogens (primary N) is 1. The highest BCUT2D eigenvalue weighted by Gasteiger charge is 2.50. The lowest BCUT2D eigenvalue weighted by Gasteiger charge is -2.48. The van der Waals surface area contributed by atoms with Gasteiger partial charge in [0.25, 0.3) is 0 Å². The lowest BCUT2D eigenvalue weighted by atomic mass is 9.61. The Morgan fingerprint density at radius 3 is 1.42 bits per heavy atom. The fourth-order valence-corrected chi connectivity index (χ4v) is 8.02. The second-order valence-electron chi connectivity index (χ2n) is 19.3. The van der Waals surface area contributed by atoms with Gasteiger partial charge in [0.1, 0.15) is 35.9 Å². The third-order valence-corrected chi connectivity index (χ3v) is 8.96. The number of carbonyl (C=O) groups excluding carboxylic acids is 5. The summed E-state index contributed by atoms with van der Waals surface area (Å²) in [4.78, 5) is 68.1. The molecule has 2 atom stereocenters. The van der Waals surface area contributed by atoms with E-state index in [1.54, 1.807) is 20.8 Å². The molecule has 50 heavy (non-hydrogen) atoms. The third kappa shape index (κ3) is 17.7. The first-order valence-electron chi connectivity index (χ1n) is 18.4. The van der Waals surface area contributed by atoms with Gasteiger partial charge in [-0.15, -0.1) is 0 Å². The van der Waals surface area contributed by atoms with Gasteiger partial charge in [-0.2, -0.15) is 0 Å². The molecule has 10 nitrogen and oxygen atoms in total. The predicted octanol–water partition coefficient (Wildman–Crippen LogP) is 7.47. The lowest BCUT2D eigenvalue weighted by molar-refractivity contribution is -0.171. The van der Waals surface area contributed by atoms with Gasteiger partial charge >= 0.3 is 17.9 Å². The van der Waals surface area contributed by atoms with Gasteiger partial charge in [-0.05, 0) is 99.2 Å². The van der Waals surface area contributed by atoms with Crippen molar-refractivity contribution in [1.29, 1.82) is 0 Å². The van der Waals surface area contributed by atoms with Crippen LogP contribution in [0.25, 0.3) is 0 Å². The molecule has 0 amide bonds. The summed E-state index contributed by atoms with van der Waals surface area (Å²) in [7, 11) is 3.86. The van der Waals surface area contributed by atoms with Crippen LogP contribution in [-0.2, 0) is 38.2 Å². The molecule has 0 saturated carbocycles. The van der Waals surface area contributed by atoms with Crippen molar-refractivity contribution in [3.63, 3.8) is 0 Å². The highest BCUT2D eigenvalue weighted by Crippen LogP contribution is 2.47. The van der Waals surface area contributed by atoms with Crippen LogP contribution in [-0.4, -0.2) is 77.9 Å². The van der Waals surface area contributed by atoms with Crippen molar-refractivity contribution >= 4 is 29.5 Å². The Balaban J connectivity index is 6.26. The summed E-state index contributed by atoms with van der Waals surface area (Å²) >= 11 is 0. The fraction of sp³-hybridized carbons (Fsp3) is 0.875. The Labute approximate surface area is 304 Å². The summed E-state index contributed by atoms with van der Waals surface area (Å²) in [6, 6.07) is 0. The van der Waals surface area contributed by atoms with Crippen molar-refractivity contribution in [3.05, 3.63) is 0 Å². The quantitative estimate of drug-likeness (QED) is 0.0645. The topological polar surface area (TPSA) is 142 Å². The van der Waals surface area contributed by atoms with Gasteiger partial charge in [-0.25, -0.2) is 0 Å². The Morgan fingerprint density at radius 2 is 1.02 bits per heavy atom. The standard InChI is InChI=1S/C40H74N2O8/c1-27(2)23-38(11,12)49-32(46)21-29(43)35(5,6)25-36(7,8)34(48-31(45)19-18-20-42(16)17)37(9,10)26-40(15,41)30(44)22-33(47)50-39(13,14)24-28(3)4/h27-28,34H,18-26,41H2,1-17H3. The number of ether oxygens (including phenoxy) is 3. The van der Waals surface area contributed by atoms with Gasteiger partial charge < -0.3 is 24.8 Å². The molecule has 0 fully saturated rings. The molecule has 0 bridgehead atoms. The molecule has 0 aliphatic rings. The Morgan fingerprint density at radius 1 is 0.620 bits per heavy atom. The third-order valence-electron chi connectivity index (χ3n) is 8.96. The number of esters is 3. The number of hydrogen-bond donors (Lipinski definition) is 1. The van der Waals surface area contributed by atoms with Crippen molar-refractivity contribution in [3.8, 4) is 0 Å². The van der Waals surface area contributed by atoms with E-state index in [4.69, 9.17) is 19.9 Å². The molecule has 0 aromatic carbocycles. The van der Waals surface area contributed by atoms with Crippen molar-refractivity contribution in [1.82, 2.24) is 4.90 Å². The molecule has 292 valence electrons. The number of Topliss-reactive ketones (excluding diaryl/α,β-unsaturated/α-hetero) is 2. The maximum atomic E-state index is 13.6. The number of rotatable bonds is 23. The second-order valence-corrected chi connectivity index (χ2v) is 19.3. The molecule has 0 aromatic rings. The zero-order valence-electron chi connectivity index (χ0n) is 34.9. The summed E-state index contributed by atoms with van der Waals surface area (Å²) in [6.45, 7) is 29.0. The van der Waals surface area contributed by atoms with E-state index in [9.17, 15) is 24.0 Å². The fourth-order valence-electron chi connectivity index (χ4n) is 8.02. The van der Waals surface area contributed by atoms with Crippen LogP contribution >= 0.6 is 0 Å². The predicted molar refractivity (Wildman–Crippen MR) is 199 cm³/mol. The lowest BCUT2D eigenvalue weighted by Crippen LogP contribution is -2.55. The van der Waals surface area contributed by atoms with Crippen LogP contribution in [0, 0.1) is 28.1 Å². The second kappa shape index (κ2) is 18.4. The average Bonchev–Trinajstić information content (AvgIpc) is 2.82. The van der Waals surface area contributed by atoms with Crippen molar-refractivity contribution in [2.45, 2.75) is 178 Å². The minimum Gasteiger partial charge on any atom is -0.461 e. The molecular formula is C40H74N2O8. The van der Waals surface area contributed by atoms with Crippen LogP contribution in [0.4, 0.5) is 0 Å². The van der Waals surface area contributed by atoms with E-state index in [0.717, 1.165) is 0 Å². The Kier molecular flexibility index (Phi) is 17.6. The number of carbonyl (C=O) groups is 5. The SMILES string of the molecule is CC(C)CC(C)(C)OC(=O)CC(=O)C(C)(C)CC(C)(C)C(OC(=O)CCCN(C)C)C(C)(C)CC(C)(N)C(=O)CC(=O)OC(C)(C)CC(C)C. The molecule has 0 rings (SSSR count). The van der Waals surface area contributed by atoms with Crippen molar-refractivity contribution in [2.75, 3.05) is 20.6 Å². The van der Waals surface area contributed by atoms with Crippen molar-refractivity contribution in [2.24, 2.45) is 33.8 Å². The summed E-state index contributed by atoms with van der Waals surface area (Å²) in [5.41, 5.74) is 1.13. The summed E-state index contributed by atoms with van der Waals surface area (Å²) in [5.74, 6) is -1.72. The van der Waals surface area contributed by atoms with E-state index in [-0.39, 0.29) is 37.4 Å². The van der Waals surface area contributed by atoms with Crippen LogP contribution < -0.4 is 5.73 Å². The van der Waals surface area contributed by atoms with Crippen molar-refractivity contribution < 1.29 is 38.2 Å². The molecule has 2 unspecified atom stereocenters. The van der Waals surface area contributed by atoms with E-state index >= 15 is 0 Å². The Hall–Kier alpha value is -2.33. The zero-order chi connectivity index (χ0) is 39.7. The molecule has 10 heteroatoms. The maximum Gasteiger partial charge on any atom is 0.313 e. The van der Waals surface area contributed by atoms with E-state index in [0.29, 0.717) is 37.6 Å². The van der Waals surface area contributed by atoms with E-state index in [2.05, 4.69) is 0 Å². The smallest absolute Gasteiger partial charge is 0.313 e. The first kappa shape index (κ1) is 47.7.